The van der Waals surface area contributed by atoms with Crippen molar-refractivity contribution in [3.05, 3.63) is 22.4 Å². The van der Waals surface area contributed by atoms with E-state index >= 15 is 0 Å². The van der Waals surface area contributed by atoms with Gasteiger partial charge in [0.2, 0.25) is 5.91 Å². The summed E-state index contributed by atoms with van der Waals surface area (Å²) in [7, 11) is 6.24. The molecule has 1 aromatic heterocycles. The van der Waals surface area contributed by atoms with Crippen molar-refractivity contribution < 1.29 is 9.53 Å². The summed E-state index contributed by atoms with van der Waals surface area (Å²) in [6.45, 7) is 1.92. The molecule has 0 bridgehead atoms. The first kappa shape index (κ1) is 19.4. The van der Waals surface area contributed by atoms with Crippen LogP contribution in [0.1, 0.15) is 62.7 Å². The lowest BCUT2D eigenvalue weighted by molar-refractivity contribution is -0.131. The van der Waals surface area contributed by atoms with Gasteiger partial charge in [0.05, 0.1) is 11.1 Å². The summed E-state index contributed by atoms with van der Waals surface area (Å²) >= 11 is 1.89. The number of carbonyl (C=O) groups excluding carboxylic acids is 1. The smallest absolute Gasteiger partial charge is 0.222 e. The molecule has 0 radical (unpaired) electrons. The minimum atomic E-state index is 0.0317. The van der Waals surface area contributed by atoms with Gasteiger partial charge in [0, 0.05) is 31.5 Å². The highest BCUT2D eigenvalue weighted by Crippen LogP contribution is 2.52. The topological polar surface area (TPSA) is 32.8 Å². The van der Waals surface area contributed by atoms with E-state index in [9.17, 15) is 4.79 Å². The molecule has 27 heavy (non-hydrogen) atoms. The van der Waals surface area contributed by atoms with Crippen LogP contribution in [0.25, 0.3) is 0 Å². The monoisotopic (exact) mass is 390 g/mol. The molecule has 0 N–H and O–H groups in total. The number of nitrogens with zero attached hydrogens (tertiary/aromatic N) is 2. The fraction of sp³-hybridized carbons (Fsp3) is 0.773. The summed E-state index contributed by atoms with van der Waals surface area (Å²) in [4.78, 5) is 18.8. The molecular formula is C22H34N2O2S. The van der Waals surface area contributed by atoms with Crippen molar-refractivity contribution in [1.82, 2.24) is 9.80 Å². The van der Waals surface area contributed by atoms with E-state index < -0.39 is 0 Å². The highest BCUT2D eigenvalue weighted by molar-refractivity contribution is 7.10. The molecule has 2 aliphatic carbocycles. The maximum atomic E-state index is 12.7. The van der Waals surface area contributed by atoms with E-state index in [0.717, 1.165) is 32.4 Å². The number of likely N-dealkylation sites (tertiary alicyclic amines) is 1. The van der Waals surface area contributed by atoms with Crippen LogP contribution in [0.2, 0.25) is 0 Å². The SMILES string of the molecule is COC1(CCC(=O)N2CCC3(CCC(c4cccs4)(N(C)C)CC3)C2)CC1. The molecule has 0 atom stereocenters. The van der Waals surface area contributed by atoms with Gasteiger partial charge in [-0.05, 0) is 82.3 Å². The molecule has 0 unspecified atom stereocenters. The lowest BCUT2D eigenvalue weighted by Gasteiger charge is -2.48. The van der Waals surface area contributed by atoms with Crippen molar-refractivity contribution >= 4 is 17.2 Å². The van der Waals surface area contributed by atoms with Crippen LogP contribution < -0.4 is 0 Å². The third-order valence-corrected chi connectivity index (χ3v) is 8.86. The number of methoxy groups -OCH3 is 1. The van der Waals surface area contributed by atoms with Crippen LogP contribution >= 0.6 is 11.3 Å². The summed E-state index contributed by atoms with van der Waals surface area (Å²) in [5, 5.41) is 2.20. The summed E-state index contributed by atoms with van der Waals surface area (Å²) in [6, 6.07) is 4.48. The minimum Gasteiger partial charge on any atom is -0.378 e. The number of rotatable bonds is 6. The van der Waals surface area contributed by atoms with Crippen molar-refractivity contribution in [2.45, 2.75) is 68.9 Å². The normalized spacial score (nSPS) is 32.4. The molecule has 2 saturated carbocycles. The van der Waals surface area contributed by atoms with E-state index in [2.05, 4.69) is 41.4 Å². The Kier molecular flexibility index (Phi) is 5.15. The summed E-state index contributed by atoms with van der Waals surface area (Å²) in [5.74, 6) is 0.345. The van der Waals surface area contributed by atoms with Crippen LogP contribution in [0, 0.1) is 5.41 Å². The van der Waals surface area contributed by atoms with Gasteiger partial charge in [0.1, 0.15) is 0 Å². The summed E-state index contributed by atoms with van der Waals surface area (Å²) in [5.41, 5.74) is 0.572. The second-order valence-electron chi connectivity index (χ2n) is 9.36. The van der Waals surface area contributed by atoms with Crippen LogP contribution in [0.5, 0.6) is 0 Å². The minimum absolute atomic E-state index is 0.0317. The zero-order valence-corrected chi connectivity index (χ0v) is 17.9. The van der Waals surface area contributed by atoms with Crippen molar-refractivity contribution in [1.29, 1.82) is 0 Å². The average Bonchev–Trinajstić information content (AvgIpc) is 3.06. The zero-order valence-electron chi connectivity index (χ0n) is 17.1. The Morgan fingerprint density at radius 1 is 1.19 bits per heavy atom. The lowest BCUT2D eigenvalue weighted by Crippen LogP contribution is -2.47. The van der Waals surface area contributed by atoms with Crippen molar-refractivity contribution in [2.24, 2.45) is 5.41 Å². The molecule has 1 spiro atoms. The van der Waals surface area contributed by atoms with E-state index in [4.69, 9.17) is 4.74 Å². The average molecular weight is 391 g/mol. The zero-order chi connectivity index (χ0) is 19.1. The molecule has 150 valence electrons. The number of amides is 1. The molecule has 1 aliphatic heterocycles. The third-order valence-electron chi connectivity index (χ3n) is 7.80. The Labute approximate surface area is 167 Å². The van der Waals surface area contributed by atoms with Crippen molar-refractivity contribution in [3.8, 4) is 0 Å². The first-order chi connectivity index (χ1) is 12.9. The highest BCUT2D eigenvalue weighted by Gasteiger charge is 2.49. The summed E-state index contributed by atoms with van der Waals surface area (Å²) in [6.07, 6.45) is 9.84. The van der Waals surface area contributed by atoms with Crippen LogP contribution in [0.4, 0.5) is 0 Å². The molecule has 1 saturated heterocycles. The molecule has 3 fully saturated rings. The van der Waals surface area contributed by atoms with Gasteiger partial charge in [0.15, 0.2) is 0 Å². The molecule has 5 heteroatoms. The predicted octanol–water partition coefficient (Wildman–Crippen LogP) is 4.26. The highest BCUT2D eigenvalue weighted by atomic mass is 32.1. The van der Waals surface area contributed by atoms with Gasteiger partial charge in [-0.3, -0.25) is 9.69 Å². The van der Waals surface area contributed by atoms with Gasteiger partial charge in [-0.2, -0.15) is 0 Å². The number of carbonyl (C=O) groups is 1. The van der Waals surface area contributed by atoms with Gasteiger partial charge < -0.3 is 9.64 Å². The molecule has 4 nitrogen and oxygen atoms in total. The van der Waals surface area contributed by atoms with E-state index in [1.807, 2.05) is 11.3 Å². The Bertz CT molecular complexity index is 658. The molecular weight excluding hydrogens is 356 g/mol. The molecule has 4 rings (SSSR count). The standard InChI is InChI=1S/C22H34N2O2S/c1-23(2)22(18-5-4-16-27-18)12-8-20(9-13-22)14-15-24(17-20)19(25)6-7-21(26-3)10-11-21/h4-5,16H,6-15,17H2,1-3H3. The number of hydrogen-bond acceptors (Lipinski definition) is 4. The van der Waals surface area contributed by atoms with Crippen LogP contribution in [0.15, 0.2) is 17.5 Å². The van der Waals surface area contributed by atoms with Gasteiger partial charge in [0.25, 0.3) is 0 Å². The van der Waals surface area contributed by atoms with Crippen molar-refractivity contribution in [3.63, 3.8) is 0 Å². The lowest BCUT2D eigenvalue weighted by atomic mass is 9.66. The maximum Gasteiger partial charge on any atom is 0.222 e. The first-order valence-corrected chi connectivity index (χ1v) is 11.4. The molecule has 1 amide bonds. The fourth-order valence-electron chi connectivity index (χ4n) is 5.40. The quantitative estimate of drug-likeness (QED) is 0.728. The van der Waals surface area contributed by atoms with Crippen LogP contribution in [-0.4, -0.2) is 55.6 Å². The number of hydrogen-bond donors (Lipinski definition) is 0. The second kappa shape index (κ2) is 7.16. The van der Waals surface area contributed by atoms with E-state index in [1.165, 1.54) is 37.0 Å². The van der Waals surface area contributed by atoms with Crippen LogP contribution in [-0.2, 0) is 15.1 Å². The molecule has 2 heterocycles. The molecule has 0 aromatic carbocycles. The Morgan fingerprint density at radius 3 is 2.48 bits per heavy atom. The van der Waals surface area contributed by atoms with Gasteiger partial charge >= 0.3 is 0 Å². The third kappa shape index (κ3) is 3.58. The van der Waals surface area contributed by atoms with Gasteiger partial charge in [-0.25, -0.2) is 0 Å². The van der Waals surface area contributed by atoms with Crippen molar-refractivity contribution in [2.75, 3.05) is 34.3 Å². The number of thiophene rings is 1. The second-order valence-corrected chi connectivity index (χ2v) is 10.3. The van der Waals surface area contributed by atoms with E-state index in [0.29, 0.717) is 17.7 Å². The Morgan fingerprint density at radius 2 is 1.93 bits per heavy atom. The van der Waals surface area contributed by atoms with Gasteiger partial charge in [-0.1, -0.05) is 6.07 Å². The summed E-state index contributed by atoms with van der Waals surface area (Å²) < 4.78 is 5.58. The number of ether oxygens (including phenoxy) is 1. The predicted molar refractivity (Wildman–Crippen MR) is 110 cm³/mol. The fourth-order valence-corrected chi connectivity index (χ4v) is 6.46. The maximum absolute atomic E-state index is 12.7. The largest absolute Gasteiger partial charge is 0.378 e. The van der Waals surface area contributed by atoms with E-state index in [1.54, 1.807) is 7.11 Å². The van der Waals surface area contributed by atoms with Crippen LogP contribution in [0.3, 0.4) is 0 Å². The Hall–Kier alpha value is -0.910. The molecule has 3 aliphatic rings. The van der Waals surface area contributed by atoms with Gasteiger partial charge in [-0.15, -0.1) is 11.3 Å². The first-order valence-electron chi connectivity index (χ1n) is 10.5. The Balaban J connectivity index is 1.35. The molecule has 1 aromatic rings. The van der Waals surface area contributed by atoms with E-state index in [-0.39, 0.29) is 11.1 Å².